The summed E-state index contributed by atoms with van der Waals surface area (Å²) in [6, 6.07) is 5.33. The van der Waals surface area contributed by atoms with Gasteiger partial charge in [0.05, 0.1) is 22.0 Å². The first-order valence-corrected chi connectivity index (χ1v) is 7.95. The molecule has 1 aromatic carbocycles. The molecule has 2 amide bonds. The highest BCUT2D eigenvalue weighted by Crippen LogP contribution is 2.31. The van der Waals surface area contributed by atoms with E-state index in [4.69, 9.17) is 33.4 Å². The van der Waals surface area contributed by atoms with E-state index in [1.807, 2.05) is 13.8 Å². The maximum Gasteiger partial charge on any atom is 0.287 e. The molecule has 0 radical (unpaired) electrons. The Balaban J connectivity index is 2.13. The third kappa shape index (κ3) is 4.21. The fourth-order valence-electron chi connectivity index (χ4n) is 2.03. The van der Waals surface area contributed by atoms with Crippen LogP contribution >= 0.6 is 23.2 Å². The van der Waals surface area contributed by atoms with Crippen molar-refractivity contribution in [2.24, 2.45) is 5.92 Å². The zero-order valence-electron chi connectivity index (χ0n) is 13.1. The van der Waals surface area contributed by atoms with Crippen LogP contribution in [0.3, 0.4) is 0 Å². The second-order valence-corrected chi connectivity index (χ2v) is 6.33. The Bertz CT molecular complexity index is 722. The quantitative estimate of drug-likeness (QED) is 0.701. The maximum absolute atomic E-state index is 12.5. The molecule has 8 heteroatoms. The van der Waals surface area contributed by atoms with E-state index in [0.717, 1.165) is 0 Å². The molecule has 0 aliphatic carbocycles. The number of carbonyl (C=O) groups is 2. The zero-order chi connectivity index (χ0) is 17.9. The van der Waals surface area contributed by atoms with Crippen molar-refractivity contribution in [1.82, 2.24) is 5.32 Å². The third-order valence-corrected chi connectivity index (χ3v) is 3.95. The van der Waals surface area contributed by atoms with E-state index in [-0.39, 0.29) is 27.4 Å². The molecular formula is C16H17Cl2N3O3. The second-order valence-electron chi connectivity index (χ2n) is 5.52. The summed E-state index contributed by atoms with van der Waals surface area (Å²) in [6.45, 7) is 3.63. The summed E-state index contributed by atoms with van der Waals surface area (Å²) in [5.41, 5.74) is 6.30. The first-order valence-electron chi connectivity index (χ1n) is 7.19. The van der Waals surface area contributed by atoms with Crippen LogP contribution in [0.15, 0.2) is 34.9 Å². The van der Waals surface area contributed by atoms with Crippen molar-refractivity contribution in [3.8, 4) is 0 Å². The van der Waals surface area contributed by atoms with E-state index in [2.05, 4.69) is 10.6 Å². The summed E-state index contributed by atoms with van der Waals surface area (Å²) < 4.78 is 5.03. The first-order chi connectivity index (χ1) is 11.3. The molecule has 1 aromatic heterocycles. The van der Waals surface area contributed by atoms with E-state index in [1.165, 1.54) is 24.5 Å². The Labute approximate surface area is 149 Å². The fourth-order valence-corrected chi connectivity index (χ4v) is 2.52. The van der Waals surface area contributed by atoms with Crippen molar-refractivity contribution < 1.29 is 14.0 Å². The van der Waals surface area contributed by atoms with Gasteiger partial charge in [0.1, 0.15) is 6.04 Å². The highest BCUT2D eigenvalue weighted by Gasteiger charge is 2.26. The minimum Gasteiger partial charge on any atom is -0.459 e. The minimum absolute atomic E-state index is 0.132. The average molecular weight is 370 g/mol. The molecule has 128 valence electrons. The number of anilines is 2. The molecule has 0 saturated heterocycles. The van der Waals surface area contributed by atoms with E-state index in [9.17, 15) is 9.59 Å². The molecule has 2 aromatic rings. The topological polar surface area (TPSA) is 97.4 Å². The van der Waals surface area contributed by atoms with Crippen molar-refractivity contribution in [2.45, 2.75) is 19.9 Å². The molecule has 4 N–H and O–H groups in total. The van der Waals surface area contributed by atoms with Gasteiger partial charge in [0.15, 0.2) is 5.76 Å². The lowest BCUT2D eigenvalue weighted by atomic mass is 10.0. The van der Waals surface area contributed by atoms with E-state index in [1.54, 1.807) is 6.07 Å². The number of benzene rings is 1. The lowest BCUT2D eigenvalue weighted by Crippen LogP contribution is -2.47. The summed E-state index contributed by atoms with van der Waals surface area (Å²) in [5, 5.41) is 5.79. The molecule has 1 unspecified atom stereocenters. The van der Waals surface area contributed by atoms with Gasteiger partial charge in [0.25, 0.3) is 5.91 Å². The average Bonchev–Trinajstić information content (AvgIpc) is 3.03. The van der Waals surface area contributed by atoms with Crippen LogP contribution in [-0.2, 0) is 4.79 Å². The number of furan rings is 1. The van der Waals surface area contributed by atoms with Crippen LogP contribution in [0.25, 0.3) is 0 Å². The van der Waals surface area contributed by atoms with Crippen LogP contribution in [0.5, 0.6) is 0 Å². The SMILES string of the molecule is CC(C)C(NC(=O)c1ccco1)C(=O)Nc1cc(Cl)c(N)c(Cl)c1. The predicted molar refractivity (Wildman–Crippen MR) is 94.3 cm³/mol. The van der Waals surface area contributed by atoms with Crippen molar-refractivity contribution >= 4 is 46.4 Å². The summed E-state index contributed by atoms with van der Waals surface area (Å²) in [5.74, 6) is -0.889. The Hall–Kier alpha value is -2.18. The molecule has 1 heterocycles. The number of rotatable bonds is 5. The lowest BCUT2D eigenvalue weighted by molar-refractivity contribution is -0.118. The molecule has 2 rings (SSSR count). The van der Waals surface area contributed by atoms with Gasteiger partial charge in [-0.3, -0.25) is 9.59 Å². The van der Waals surface area contributed by atoms with Gasteiger partial charge < -0.3 is 20.8 Å². The van der Waals surface area contributed by atoms with Crippen molar-refractivity contribution in [1.29, 1.82) is 0 Å². The van der Waals surface area contributed by atoms with Gasteiger partial charge in [-0.2, -0.15) is 0 Å². The molecule has 6 nitrogen and oxygen atoms in total. The van der Waals surface area contributed by atoms with Crippen LogP contribution in [0.4, 0.5) is 11.4 Å². The van der Waals surface area contributed by atoms with Gasteiger partial charge in [0.2, 0.25) is 5.91 Å². The second kappa shape index (κ2) is 7.59. The standard InChI is InChI=1S/C16H17Cl2N3O3/c1-8(2)14(21-15(22)12-4-3-5-24-12)16(23)20-9-6-10(17)13(19)11(18)7-9/h3-8,14H,19H2,1-2H3,(H,20,23)(H,21,22). The van der Waals surface area contributed by atoms with Crippen LogP contribution in [0.2, 0.25) is 10.0 Å². The number of hydrogen-bond donors (Lipinski definition) is 3. The van der Waals surface area contributed by atoms with Crippen molar-refractivity contribution in [3.05, 3.63) is 46.3 Å². The van der Waals surface area contributed by atoms with Crippen LogP contribution in [-0.4, -0.2) is 17.9 Å². The van der Waals surface area contributed by atoms with E-state index in [0.29, 0.717) is 5.69 Å². The first kappa shape index (κ1) is 18.2. The monoisotopic (exact) mass is 369 g/mol. The van der Waals surface area contributed by atoms with Crippen LogP contribution in [0.1, 0.15) is 24.4 Å². The van der Waals surface area contributed by atoms with Crippen LogP contribution in [0, 0.1) is 5.92 Å². The number of nitrogens with two attached hydrogens (primary N) is 1. The van der Waals surface area contributed by atoms with Crippen LogP contribution < -0.4 is 16.4 Å². The molecular weight excluding hydrogens is 353 g/mol. The van der Waals surface area contributed by atoms with Gasteiger partial charge in [-0.05, 0) is 30.2 Å². The Morgan fingerprint density at radius 1 is 1.21 bits per heavy atom. The molecule has 0 bridgehead atoms. The number of nitrogens with one attached hydrogen (secondary N) is 2. The normalized spacial score (nSPS) is 12.0. The van der Waals surface area contributed by atoms with Gasteiger partial charge in [-0.15, -0.1) is 0 Å². The highest BCUT2D eigenvalue weighted by molar-refractivity contribution is 6.39. The van der Waals surface area contributed by atoms with E-state index < -0.39 is 17.9 Å². The summed E-state index contributed by atoms with van der Waals surface area (Å²) in [7, 11) is 0. The molecule has 0 fully saturated rings. The molecule has 0 aliphatic rings. The summed E-state index contributed by atoms with van der Waals surface area (Å²) in [4.78, 5) is 24.6. The molecule has 0 spiro atoms. The largest absolute Gasteiger partial charge is 0.459 e. The Morgan fingerprint density at radius 3 is 2.33 bits per heavy atom. The number of hydrogen-bond acceptors (Lipinski definition) is 4. The number of nitrogen functional groups attached to an aromatic ring is 1. The smallest absolute Gasteiger partial charge is 0.287 e. The highest BCUT2D eigenvalue weighted by atomic mass is 35.5. The fraction of sp³-hybridized carbons (Fsp3) is 0.250. The Morgan fingerprint density at radius 2 is 1.83 bits per heavy atom. The van der Waals surface area contributed by atoms with E-state index >= 15 is 0 Å². The maximum atomic E-state index is 12.5. The summed E-state index contributed by atoms with van der Waals surface area (Å²) >= 11 is 11.9. The minimum atomic E-state index is -0.766. The van der Waals surface area contributed by atoms with Gasteiger partial charge in [-0.1, -0.05) is 37.0 Å². The number of halogens is 2. The van der Waals surface area contributed by atoms with Gasteiger partial charge >= 0.3 is 0 Å². The third-order valence-electron chi connectivity index (χ3n) is 3.33. The summed E-state index contributed by atoms with van der Waals surface area (Å²) in [6.07, 6.45) is 1.39. The number of amides is 2. The zero-order valence-corrected chi connectivity index (χ0v) is 14.6. The van der Waals surface area contributed by atoms with Gasteiger partial charge in [-0.25, -0.2) is 0 Å². The van der Waals surface area contributed by atoms with Gasteiger partial charge in [0, 0.05) is 5.69 Å². The lowest BCUT2D eigenvalue weighted by Gasteiger charge is -2.21. The Kier molecular flexibility index (Phi) is 5.75. The molecule has 1 atom stereocenters. The molecule has 0 saturated carbocycles. The molecule has 0 aliphatic heterocycles. The molecule has 24 heavy (non-hydrogen) atoms. The van der Waals surface area contributed by atoms with Crippen molar-refractivity contribution in [3.63, 3.8) is 0 Å². The number of carbonyl (C=O) groups excluding carboxylic acids is 2. The van der Waals surface area contributed by atoms with Crippen molar-refractivity contribution in [2.75, 3.05) is 11.1 Å². The predicted octanol–water partition coefficient (Wildman–Crippen LogP) is 3.56.